The fourth-order valence-corrected chi connectivity index (χ4v) is 3.28. The van der Waals surface area contributed by atoms with Gasteiger partial charge in [-0.1, -0.05) is 0 Å². The second kappa shape index (κ2) is 6.81. The van der Waals surface area contributed by atoms with Gasteiger partial charge in [-0.15, -0.1) is 0 Å². The molecule has 0 saturated carbocycles. The summed E-state index contributed by atoms with van der Waals surface area (Å²) < 4.78 is 16.1. The van der Waals surface area contributed by atoms with Crippen molar-refractivity contribution in [3.8, 4) is 6.07 Å². The van der Waals surface area contributed by atoms with E-state index in [4.69, 9.17) is 11.0 Å². The van der Waals surface area contributed by atoms with Crippen LogP contribution in [0.25, 0.3) is 10.8 Å². The van der Waals surface area contributed by atoms with Gasteiger partial charge in [-0.2, -0.15) is 10.4 Å². The van der Waals surface area contributed by atoms with Gasteiger partial charge in [-0.25, -0.2) is 9.37 Å². The van der Waals surface area contributed by atoms with Crippen molar-refractivity contribution in [1.82, 2.24) is 20.1 Å². The van der Waals surface area contributed by atoms with Gasteiger partial charge < -0.3 is 16.4 Å². The topological polar surface area (TPSA) is 122 Å². The first-order valence-electron chi connectivity index (χ1n) is 8.84. The number of aromatic nitrogens is 3. The monoisotopic (exact) mass is 379 g/mol. The third-order valence-electron chi connectivity index (χ3n) is 4.80. The highest BCUT2D eigenvalue weighted by Gasteiger charge is 2.18. The summed E-state index contributed by atoms with van der Waals surface area (Å²) in [5.74, 6) is -0.204. The molecular formula is C19H18FN7O. The maximum absolute atomic E-state index is 14.4. The molecule has 0 radical (unpaired) electrons. The Balaban J connectivity index is 1.69. The lowest BCUT2D eigenvalue weighted by Crippen LogP contribution is -2.25. The van der Waals surface area contributed by atoms with Gasteiger partial charge in [0.2, 0.25) is 5.91 Å². The molecule has 0 saturated heterocycles. The molecule has 1 unspecified atom stereocenters. The molecule has 1 atom stereocenters. The Morgan fingerprint density at radius 3 is 3.00 bits per heavy atom. The molecule has 9 heteroatoms. The van der Waals surface area contributed by atoms with Gasteiger partial charge in [-0.05, 0) is 24.4 Å². The third-order valence-corrected chi connectivity index (χ3v) is 4.80. The van der Waals surface area contributed by atoms with Crippen LogP contribution >= 0.6 is 0 Å². The van der Waals surface area contributed by atoms with Crippen molar-refractivity contribution in [2.45, 2.75) is 25.8 Å². The average Bonchev–Trinajstić information content (AvgIpc) is 2.95. The van der Waals surface area contributed by atoms with E-state index >= 15 is 0 Å². The largest absolute Gasteiger partial charge is 0.396 e. The number of nitrogens with one attached hydrogen (secondary N) is 2. The second-order valence-electron chi connectivity index (χ2n) is 6.74. The van der Waals surface area contributed by atoms with E-state index in [1.807, 2.05) is 12.1 Å². The highest BCUT2D eigenvalue weighted by Crippen LogP contribution is 2.32. The normalized spacial score (nSPS) is 14.7. The van der Waals surface area contributed by atoms with Crippen molar-refractivity contribution < 1.29 is 9.18 Å². The minimum absolute atomic E-state index is 0.0200. The first kappa shape index (κ1) is 17.7. The molecule has 8 nitrogen and oxygen atoms in total. The number of nitrogens with zero attached hydrogens (tertiary/aromatic N) is 4. The molecule has 2 aromatic heterocycles. The number of hydrogen-bond donors (Lipinski definition) is 3. The molecule has 3 aromatic rings. The SMILES string of the molecule is CC(C#N)c1cc2cc(Nc3cc4n(n3)CC(=O)NCC4)ncc2c(N)c1F. The van der Waals surface area contributed by atoms with E-state index in [2.05, 4.69) is 20.7 Å². The molecular weight excluding hydrogens is 361 g/mol. The summed E-state index contributed by atoms with van der Waals surface area (Å²) in [5.41, 5.74) is 7.09. The van der Waals surface area contributed by atoms with Crippen molar-refractivity contribution in [2.24, 2.45) is 0 Å². The lowest BCUT2D eigenvalue weighted by atomic mass is 9.97. The van der Waals surface area contributed by atoms with E-state index in [1.165, 1.54) is 6.20 Å². The number of nitrogens with two attached hydrogens (primary N) is 1. The Kier molecular flexibility index (Phi) is 4.31. The van der Waals surface area contributed by atoms with Crippen LogP contribution in [0.4, 0.5) is 21.7 Å². The minimum Gasteiger partial charge on any atom is -0.396 e. The Morgan fingerprint density at radius 1 is 1.39 bits per heavy atom. The first-order valence-corrected chi connectivity index (χ1v) is 8.84. The predicted molar refractivity (Wildman–Crippen MR) is 102 cm³/mol. The molecule has 1 amide bonds. The minimum atomic E-state index is -0.619. The Hall–Kier alpha value is -3.67. The van der Waals surface area contributed by atoms with Crippen LogP contribution in [0, 0.1) is 17.1 Å². The number of halogens is 1. The van der Waals surface area contributed by atoms with Gasteiger partial charge in [-0.3, -0.25) is 9.48 Å². The number of anilines is 3. The number of amides is 1. The summed E-state index contributed by atoms with van der Waals surface area (Å²) in [5, 5.41) is 20.6. The summed E-state index contributed by atoms with van der Waals surface area (Å²) in [6.45, 7) is 2.37. The fourth-order valence-electron chi connectivity index (χ4n) is 3.28. The van der Waals surface area contributed by atoms with Gasteiger partial charge >= 0.3 is 0 Å². The molecule has 1 aromatic carbocycles. The summed E-state index contributed by atoms with van der Waals surface area (Å²) in [6, 6.07) is 7.25. The van der Waals surface area contributed by atoms with Crippen molar-refractivity contribution >= 4 is 34.0 Å². The molecule has 1 aliphatic rings. The van der Waals surface area contributed by atoms with E-state index in [-0.39, 0.29) is 23.7 Å². The van der Waals surface area contributed by atoms with Crippen molar-refractivity contribution in [1.29, 1.82) is 5.26 Å². The lowest BCUT2D eigenvalue weighted by molar-refractivity contribution is -0.121. The van der Waals surface area contributed by atoms with Gasteiger partial charge in [0.05, 0.1) is 17.7 Å². The van der Waals surface area contributed by atoms with Crippen LogP contribution in [0.15, 0.2) is 24.4 Å². The van der Waals surface area contributed by atoms with E-state index in [0.29, 0.717) is 35.4 Å². The summed E-state index contributed by atoms with van der Waals surface area (Å²) >= 11 is 0. The van der Waals surface area contributed by atoms with Crippen LogP contribution in [-0.2, 0) is 17.8 Å². The zero-order valence-corrected chi connectivity index (χ0v) is 15.2. The number of rotatable bonds is 3. The molecule has 1 aliphatic heterocycles. The van der Waals surface area contributed by atoms with Crippen LogP contribution in [0.3, 0.4) is 0 Å². The zero-order valence-electron chi connectivity index (χ0n) is 15.2. The molecule has 142 valence electrons. The average molecular weight is 379 g/mol. The molecule has 0 bridgehead atoms. The number of carbonyl (C=O) groups excluding carboxylic acids is 1. The molecule has 28 heavy (non-hydrogen) atoms. The van der Waals surface area contributed by atoms with Crippen LogP contribution < -0.4 is 16.4 Å². The summed E-state index contributed by atoms with van der Waals surface area (Å²) in [7, 11) is 0. The van der Waals surface area contributed by atoms with E-state index < -0.39 is 11.7 Å². The van der Waals surface area contributed by atoms with E-state index in [9.17, 15) is 9.18 Å². The molecule has 4 rings (SSSR count). The van der Waals surface area contributed by atoms with Gasteiger partial charge in [0.25, 0.3) is 0 Å². The molecule has 0 spiro atoms. The maximum Gasteiger partial charge on any atom is 0.241 e. The van der Waals surface area contributed by atoms with Gasteiger partial charge in [0.15, 0.2) is 11.6 Å². The zero-order chi connectivity index (χ0) is 19.8. The van der Waals surface area contributed by atoms with Crippen LogP contribution in [0.5, 0.6) is 0 Å². The smallest absolute Gasteiger partial charge is 0.241 e. The molecule has 4 N–H and O–H groups in total. The number of fused-ring (bicyclic) bond motifs is 2. The molecule has 0 fully saturated rings. The van der Waals surface area contributed by atoms with Crippen LogP contribution in [0.2, 0.25) is 0 Å². The highest BCUT2D eigenvalue weighted by molar-refractivity contribution is 5.95. The Bertz CT molecular complexity index is 1130. The number of nitrogen functional groups attached to an aromatic ring is 1. The first-order chi connectivity index (χ1) is 13.5. The fraction of sp³-hybridized carbons (Fsp3) is 0.263. The standard InChI is InChI=1S/C19H18FN7O/c1-10(7-21)13-4-11-5-15(24-8-14(11)19(22)18(13)20)25-16-6-12-2-3-23-17(28)9-27(12)26-16/h4-6,8,10H,2-3,9,22H2,1H3,(H,23,28)(H,24,25,26). The van der Waals surface area contributed by atoms with Crippen LogP contribution in [-0.4, -0.2) is 27.2 Å². The maximum atomic E-state index is 14.4. The number of nitriles is 1. The van der Waals surface area contributed by atoms with Crippen LogP contribution in [0.1, 0.15) is 24.1 Å². The number of pyridine rings is 1. The van der Waals surface area contributed by atoms with Crippen molar-refractivity contribution in [3.05, 3.63) is 41.5 Å². The second-order valence-corrected chi connectivity index (χ2v) is 6.74. The van der Waals surface area contributed by atoms with E-state index in [1.54, 1.807) is 23.7 Å². The number of hydrogen-bond acceptors (Lipinski definition) is 6. The van der Waals surface area contributed by atoms with E-state index in [0.717, 1.165) is 5.69 Å². The lowest BCUT2D eigenvalue weighted by Gasteiger charge is -2.12. The van der Waals surface area contributed by atoms with Crippen molar-refractivity contribution in [3.63, 3.8) is 0 Å². The summed E-state index contributed by atoms with van der Waals surface area (Å²) in [6.07, 6.45) is 2.18. The third kappa shape index (κ3) is 3.09. The predicted octanol–water partition coefficient (Wildman–Crippen LogP) is 2.20. The number of benzene rings is 1. The Morgan fingerprint density at radius 2 is 2.21 bits per heavy atom. The summed E-state index contributed by atoms with van der Waals surface area (Å²) in [4.78, 5) is 15.9. The molecule has 3 heterocycles. The quantitative estimate of drug-likeness (QED) is 0.600. The van der Waals surface area contributed by atoms with Gasteiger partial charge in [0, 0.05) is 41.9 Å². The number of carbonyl (C=O) groups is 1. The van der Waals surface area contributed by atoms with Crippen molar-refractivity contribution in [2.75, 3.05) is 17.6 Å². The Labute approximate surface area is 160 Å². The highest BCUT2D eigenvalue weighted by atomic mass is 19.1. The molecule has 0 aliphatic carbocycles. The van der Waals surface area contributed by atoms with Gasteiger partial charge in [0.1, 0.15) is 12.4 Å².